The van der Waals surface area contributed by atoms with Gasteiger partial charge in [-0.3, -0.25) is 4.79 Å². The average molecular weight is 623 g/mol. The molecule has 0 aliphatic carbocycles. The van der Waals surface area contributed by atoms with Crippen molar-refractivity contribution < 1.29 is 4.57 Å². The lowest BCUT2D eigenvalue weighted by atomic mass is 10.0. The van der Waals surface area contributed by atoms with E-state index in [-0.39, 0.29) is 5.56 Å². The third-order valence-electron chi connectivity index (χ3n) is 8.56. The topological polar surface area (TPSA) is 83.0 Å². The van der Waals surface area contributed by atoms with Crippen LogP contribution in [0.5, 0.6) is 0 Å². The maximum Gasteiger partial charge on any atom is 0.258 e. The van der Waals surface area contributed by atoms with E-state index in [0.717, 1.165) is 89.0 Å². The van der Waals surface area contributed by atoms with E-state index >= 15 is 0 Å². The fraction of sp³-hybridized carbons (Fsp3) is 0.312. The number of H-pyrrole nitrogens is 1. The van der Waals surface area contributed by atoms with Crippen LogP contribution >= 0.6 is 30.3 Å². The van der Waals surface area contributed by atoms with Crippen LogP contribution in [-0.2, 0) is 18.0 Å². The number of benzene rings is 3. The molecule has 218 valence electrons. The van der Waals surface area contributed by atoms with Crippen molar-refractivity contribution in [1.29, 1.82) is 0 Å². The summed E-state index contributed by atoms with van der Waals surface area (Å²) in [5, 5.41) is 6.97. The van der Waals surface area contributed by atoms with E-state index in [2.05, 4.69) is 22.1 Å². The zero-order chi connectivity index (χ0) is 29.6. The normalized spacial score (nSPS) is 15.5. The lowest BCUT2D eigenvalue weighted by Gasteiger charge is -2.32. The first-order valence-electron chi connectivity index (χ1n) is 14.2. The van der Waals surface area contributed by atoms with Gasteiger partial charge in [-0.15, -0.1) is 0 Å². The molecule has 0 radical (unpaired) electrons. The minimum absolute atomic E-state index is 0.117. The van der Waals surface area contributed by atoms with E-state index in [9.17, 15) is 9.36 Å². The van der Waals surface area contributed by atoms with Crippen molar-refractivity contribution in [3.8, 4) is 0 Å². The standard InChI is InChI=1S/C32H34Cl2N5O2P/c1-20-18-22(33)19-25(34)29(20)37-32-36-27-12-11-24-21(2)26(35-31(40)28(24)30(27)38(32)3)10-7-13-39-14-16-42(41,17-15-39)23-8-5-4-6-9-23/h4-6,8-9,11-12,18-19H,7,10,13-17H2,1-3H3,(H,35,40)(H,36,37). The van der Waals surface area contributed by atoms with Crippen LogP contribution in [-0.4, -0.2) is 51.4 Å². The van der Waals surface area contributed by atoms with Gasteiger partial charge in [-0.05, 0) is 67.9 Å². The Kier molecular flexibility index (Phi) is 7.97. The molecule has 0 amide bonds. The Labute approximate surface area is 255 Å². The third-order valence-corrected chi connectivity index (χ3v) is 12.2. The summed E-state index contributed by atoms with van der Waals surface area (Å²) in [6, 6.07) is 17.4. The second-order valence-corrected chi connectivity index (χ2v) is 15.3. The first kappa shape index (κ1) is 29.0. The second-order valence-electron chi connectivity index (χ2n) is 11.2. The lowest BCUT2D eigenvalue weighted by Crippen LogP contribution is -2.37. The Bertz CT molecular complexity index is 1880. The van der Waals surface area contributed by atoms with Gasteiger partial charge in [-0.25, -0.2) is 4.98 Å². The highest BCUT2D eigenvalue weighted by Crippen LogP contribution is 2.46. The number of hydrogen-bond acceptors (Lipinski definition) is 5. The zero-order valence-electron chi connectivity index (χ0n) is 24.0. The average Bonchev–Trinajstić information content (AvgIpc) is 3.29. The number of halogens is 2. The number of aromatic amines is 1. The smallest absolute Gasteiger partial charge is 0.258 e. The van der Waals surface area contributed by atoms with Crippen molar-refractivity contribution in [3.05, 3.63) is 91.8 Å². The molecule has 5 aromatic rings. The molecule has 10 heteroatoms. The van der Waals surface area contributed by atoms with Gasteiger partial charge < -0.3 is 24.3 Å². The summed E-state index contributed by atoms with van der Waals surface area (Å²) >= 11 is 12.6. The van der Waals surface area contributed by atoms with Gasteiger partial charge in [0.1, 0.15) is 7.14 Å². The summed E-state index contributed by atoms with van der Waals surface area (Å²) in [5.41, 5.74) is 5.04. The Morgan fingerprint density at radius 2 is 1.79 bits per heavy atom. The molecule has 6 rings (SSSR count). The number of nitrogens with zero attached hydrogens (tertiary/aromatic N) is 3. The highest BCUT2D eigenvalue weighted by molar-refractivity contribution is 7.71. The molecule has 1 aliphatic heterocycles. The van der Waals surface area contributed by atoms with Gasteiger partial charge in [-0.1, -0.05) is 59.6 Å². The molecule has 3 aromatic carbocycles. The minimum Gasteiger partial charge on any atom is -0.325 e. The monoisotopic (exact) mass is 621 g/mol. The maximum atomic E-state index is 13.5. The zero-order valence-corrected chi connectivity index (χ0v) is 26.4. The van der Waals surface area contributed by atoms with Gasteiger partial charge >= 0.3 is 0 Å². The summed E-state index contributed by atoms with van der Waals surface area (Å²) in [5.74, 6) is 0.587. The summed E-state index contributed by atoms with van der Waals surface area (Å²) < 4.78 is 15.4. The molecule has 1 saturated heterocycles. The highest BCUT2D eigenvalue weighted by Gasteiger charge is 2.30. The molecular weight excluding hydrogens is 588 g/mol. The maximum absolute atomic E-state index is 13.5. The molecule has 0 saturated carbocycles. The molecule has 7 nitrogen and oxygen atoms in total. The van der Waals surface area contributed by atoms with Gasteiger partial charge in [0.05, 0.1) is 27.1 Å². The van der Waals surface area contributed by atoms with Crippen LogP contribution in [0.25, 0.3) is 21.8 Å². The second kappa shape index (κ2) is 11.5. The van der Waals surface area contributed by atoms with E-state index in [4.69, 9.17) is 28.2 Å². The summed E-state index contributed by atoms with van der Waals surface area (Å²) in [6.07, 6.45) is 3.14. The minimum atomic E-state index is -2.30. The molecular formula is C32H34Cl2N5O2P. The molecule has 1 aliphatic rings. The summed E-state index contributed by atoms with van der Waals surface area (Å²) in [7, 11) is -0.400. The number of rotatable bonds is 7. The van der Waals surface area contributed by atoms with Gasteiger partial charge in [0, 0.05) is 48.5 Å². The number of anilines is 2. The van der Waals surface area contributed by atoms with Crippen LogP contribution < -0.4 is 16.2 Å². The number of fused-ring (bicyclic) bond motifs is 3. The van der Waals surface area contributed by atoms with Crippen LogP contribution in [0.1, 0.15) is 23.2 Å². The molecule has 2 aromatic heterocycles. The Morgan fingerprint density at radius 1 is 1.05 bits per heavy atom. The van der Waals surface area contributed by atoms with E-state index in [1.807, 2.05) is 67.1 Å². The van der Waals surface area contributed by atoms with E-state index in [1.165, 1.54) is 0 Å². The number of imidazole rings is 1. The van der Waals surface area contributed by atoms with Crippen molar-refractivity contribution in [1.82, 2.24) is 19.4 Å². The van der Waals surface area contributed by atoms with Crippen LogP contribution in [0.15, 0.2) is 59.4 Å². The molecule has 0 unspecified atom stereocenters. The lowest BCUT2D eigenvalue weighted by molar-refractivity contribution is 0.292. The molecule has 42 heavy (non-hydrogen) atoms. The Morgan fingerprint density at radius 3 is 2.50 bits per heavy atom. The first-order chi connectivity index (χ1) is 20.1. The largest absolute Gasteiger partial charge is 0.325 e. The number of aromatic nitrogens is 3. The third kappa shape index (κ3) is 5.40. The van der Waals surface area contributed by atoms with Crippen molar-refractivity contribution in [2.24, 2.45) is 7.05 Å². The van der Waals surface area contributed by atoms with Gasteiger partial charge in [-0.2, -0.15) is 0 Å². The van der Waals surface area contributed by atoms with Crippen LogP contribution in [0.4, 0.5) is 11.6 Å². The molecule has 2 N–H and O–H groups in total. The molecule has 0 spiro atoms. The molecule has 0 atom stereocenters. The van der Waals surface area contributed by atoms with Crippen LogP contribution in [0, 0.1) is 13.8 Å². The summed E-state index contributed by atoms with van der Waals surface area (Å²) in [6.45, 7) is 6.60. The van der Waals surface area contributed by atoms with Crippen LogP contribution in [0.3, 0.4) is 0 Å². The number of pyridine rings is 1. The highest BCUT2D eigenvalue weighted by atomic mass is 35.5. The predicted octanol–water partition coefficient (Wildman–Crippen LogP) is 7.02. The summed E-state index contributed by atoms with van der Waals surface area (Å²) in [4.78, 5) is 23.9. The van der Waals surface area contributed by atoms with Crippen molar-refractivity contribution >= 4 is 69.1 Å². The van der Waals surface area contributed by atoms with E-state index < -0.39 is 7.14 Å². The van der Waals surface area contributed by atoms with Crippen molar-refractivity contribution in [3.63, 3.8) is 0 Å². The number of nitrogens with one attached hydrogen (secondary N) is 2. The molecule has 0 bridgehead atoms. The SMILES string of the molecule is Cc1cc(Cl)cc(Cl)c1Nc1nc2ccc3c(C)c(CCCN4CCP(=O)(c5ccccc5)CC4)[nH]c(=O)c3c2n1C. The van der Waals surface area contributed by atoms with E-state index in [1.54, 1.807) is 6.07 Å². The number of hydrogen-bond donors (Lipinski definition) is 2. The quantitative estimate of drug-likeness (QED) is 0.191. The fourth-order valence-corrected chi connectivity index (χ4v) is 9.44. The van der Waals surface area contributed by atoms with E-state index in [0.29, 0.717) is 21.4 Å². The predicted molar refractivity (Wildman–Crippen MR) is 176 cm³/mol. The Balaban J connectivity index is 1.20. The van der Waals surface area contributed by atoms with Crippen molar-refractivity contribution in [2.45, 2.75) is 26.7 Å². The van der Waals surface area contributed by atoms with Crippen molar-refractivity contribution in [2.75, 3.05) is 37.3 Å². The Hall–Kier alpha value is -3.09. The van der Waals surface area contributed by atoms with Gasteiger partial charge in [0.25, 0.3) is 5.56 Å². The van der Waals surface area contributed by atoms with Crippen LogP contribution in [0.2, 0.25) is 10.0 Å². The fourth-order valence-electron chi connectivity index (χ4n) is 6.13. The van der Waals surface area contributed by atoms with Gasteiger partial charge in [0.2, 0.25) is 5.95 Å². The molecule has 3 heterocycles. The number of aryl methyl sites for hydroxylation is 4. The van der Waals surface area contributed by atoms with Gasteiger partial charge in [0.15, 0.2) is 0 Å². The molecule has 1 fully saturated rings. The first-order valence-corrected chi connectivity index (χ1v) is 17.1.